The second kappa shape index (κ2) is 11.7. The first-order valence-corrected chi connectivity index (χ1v) is 11.9. The number of hydrogen-bond donors (Lipinski definition) is 2. The van der Waals surface area contributed by atoms with E-state index in [-0.39, 0.29) is 12.3 Å². The smallest absolute Gasteiger partial charge is 0.329 e. The van der Waals surface area contributed by atoms with Crippen LogP contribution >= 0.6 is 0 Å². The molecule has 2 aromatic rings. The van der Waals surface area contributed by atoms with Gasteiger partial charge >= 0.3 is 5.97 Å². The highest BCUT2D eigenvalue weighted by atomic mass is 16.5. The van der Waals surface area contributed by atoms with Crippen molar-refractivity contribution in [3.8, 4) is 11.5 Å². The van der Waals surface area contributed by atoms with Crippen LogP contribution in [0.5, 0.6) is 11.5 Å². The number of nitrogens with one attached hydrogen (secondary N) is 1. The van der Waals surface area contributed by atoms with E-state index in [1.54, 1.807) is 23.1 Å². The van der Waals surface area contributed by atoms with Gasteiger partial charge in [0.05, 0.1) is 14.2 Å². The van der Waals surface area contributed by atoms with Crippen molar-refractivity contribution in [3.05, 3.63) is 59.7 Å². The summed E-state index contributed by atoms with van der Waals surface area (Å²) in [6, 6.07) is 14.4. The molecule has 0 radical (unpaired) electrons. The summed E-state index contributed by atoms with van der Waals surface area (Å²) in [6.45, 7) is 1.98. The van der Waals surface area contributed by atoms with Gasteiger partial charge in [-0.2, -0.15) is 0 Å². The Morgan fingerprint density at radius 1 is 1.06 bits per heavy atom. The molecule has 2 N–H and O–H groups in total. The van der Waals surface area contributed by atoms with Crippen molar-refractivity contribution in [1.82, 2.24) is 10.2 Å². The molecule has 0 aromatic heterocycles. The zero-order valence-corrected chi connectivity index (χ0v) is 20.6. The summed E-state index contributed by atoms with van der Waals surface area (Å²) in [6.07, 6.45) is 3.11. The molecular weight excluding hydrogens is 448 g/mol. The summed E-state index contributed by atoms with van der Waals surface area (Å²) < 4.78 is 10.6. The molecule has 0 unspecified atom stereocenters. The number of carbonyl (C=O) groups is 3. The van der Waals surface area contributed by atoms with Gasteiger partial charge in [-0.1, -0.05) is 36.4 Å². The summed E-state index contributed by atoms with van der Waals surface area (Å²) >= 11 is 0. The number of carboxylic acids is 1. The number of aryl methyl sites for hydroxylation is 1. The number of hydrogen-bond acceptors (Lipinski definition) is 5. The predicted octanol–water partition coefficient (Wildman–Crippen LogP) is 3.22. The fourth-order valence-corrected chi connectivity index (χ4v) is 4.50. The van der Waals surface area contributed by atoms with Crippen LogP contribution in [0.3, 0.4) is 0 Å². The number of rotatable bonds is 11. The van der Waals surface area contributed by atoms with Gasteiger partial charge in [0.25, 0.3) is 0 Å². The third kappa shape index (κ3) is 6.53. The topological polar surface area (TPSA) is 105 Å². The number of likely N-dealkylation sites (tertiary alicyclic amines) is 1. The Kier molecular flexibility index (Phi) is 8.73. The Morgan fingerprint density at radius 2 is 1.77 bits per heavy atom. The van der Waals surface area contributed by atoms with E-state index in [9.17, 15) is 19.5 Å². The largest absolute Gasteiger partial charge is 0.493 e. The molecule has 1 aliphatic heterocycles. The van der Waals surface area contributed by atoms with E-state index in [0.717, 1.165) is 6.42 Å². The average molecular weight is 483 g/mol. The third-order valence-corrected chi connectivity index (χ3v) is 6.45. The van der Waals surface area contributed by atoms with Crippen molar-refractivity contribution in [2.75, 3.05) is 20.8 Å². The Bertz CT molecular complexity index is 1040. The lowest BCUT2D eigenvalue weighted by molar-refractivity contribution is -0.148. The molecule has 2 atom stereocenters. The van der Waals surface area contributed by atoms with Crippen LogP contribution in [0, 0.1) is 0 Å². The Balaban J connectivity index is 1.64. The van der Waals surface area contributed by atoms with Gasteiger partial charge in [-0.15, -0.1) is 0 Å². The zero-order valence-electron chi connectivity index (χ0n) is 20.6. The molecule has 1 saturated heterocycles. The molecule has 1 aliphatic rings. The molecular formula is C27H34N2O6. The maximum atomic E-state index is 13.2. The molecule has 3 rings (SSSR count). The minimum atomic E-state index is -1.55. The molecule has 35 heavy (non-hydrogen) atoms. The fourth-order valence-electron chi connectivity index (χ4n) is 4.50. The lowest BCUT2D eigenvalue weighted by Gasteiger charge is -2.31. The summed E-state index contributed by atoms with van der Waals surface area (Å²) in [5, 5.41) is 12.7. The van der Waals surface area contributed by atoms with E-state index in [0.29, 0.717) is 49.3 Å². The second-order valence-electron chi connectivity index (χ2n) is 9.08. The van der Waals surface area contributed by atoms with Crippen molar-refractivity contribution >= 4 is 17.8 Å². The van der Waals surface area contributed by atoms with Crippen molar-refractivity contribution in [2.24, 2.45) is 0 Å². The van der Waals surface area contributed by atoms with Crippen LogP contribution in [0.4, 0.5) is 0 Å². The van der Waals surface area contributed by atoms with Gasteiger partial charge in [-0.25, -0.2) is 4.79 Å². The highest BCUT2D eigenvalue weighted by Gasteiger charge is 2.40. The lowest BCUT2D eigenvalue weighted by Crippen LogP contribution is -2.58. The van der Waals surface area contributed by atoms with Crippen LogP contribution in [-0.2, 0) is 27.2 Å². The van der Waals surface area contributed by atoms with Crippen LogP contribution in [-0.4, -0.2) is 60.1 Å². The van der Waals surface area contributed by atoms with E-state index >= 15 is 0 Å². The summed E-state index contributed by atoms with van der Waals surface area (Å²) in [5.74, 6) is -0.657. The van der Waals surface area contributed by atoms with Crippen LogP contribution < -0.4 is 14.8 Å². The molecule has 1 fully saturated rings. The van der Waals surface area contributed by atoms with Crippen molar-refractivity contribution in [2.45, 2.75) is 57.0 Å². The first-order chi connectivity index (χ1) is 16.8. The van der Waals surface area contributed by atoms with Gasteiger partial charge in [0.15, 0.2) is 11.5 Å². The van der Waals surface area contributed by atoms with Crippen molar-refractivity contribution < 1.29 is 29.0 Å². The number of nitrogens with zero attached hydrogens (tertiary/aromatic N) is 1. The average Bonchev–Trinajstić information content (AvgIpc) is 3.35. The van der Waals surface area contributed by atoms with Crippen molar-refractivity contribution in [1.29, 1.82) is 0 Å². The summed E-state index contributed by atoms with van der Waals surface area (Å²) in [5.41, 5.74) is 0.290. The number of benzene rings is 2. The summed E-state index contributed by atoms with van der Waals surface area (Å²) in [4.78, 5) is 39.8. The van der Waals surface area contributed by atoms with E-state index in [1.165, 1.54) is 26.7 Å². The molecule has 188 valence electrons. The number of amides is 2. The molecule has 8 nitrogen and oxygen atoms in total. The van der Waals surface area contributed by atoms with Gasteiger partial charge in [0.1, 0.15) is 11.6 Å². The molecule has 0 spiro atoms. The van der Waals surface area contributed by atoms with Crippen LogP contribution in [0.1, 0.15) is 43.7 Å². The Labute approximate surface area is 206 Å². The predicted molar refractivity (Wildman–Crippen MR) is 132 cm³/mol. The molecule has 2 amide bonds. The van der Waals surface area contributed by atoms with Crippen LogP contribution in [0.2, 0.25) is 0 Å². The Hall–Kier alpha value is -3.55. The molecule has 8 heteroatoms. The first-order valence-electron chi connectivity index (χ1n) is 11.9. The van der Waals surface area contributed by atoms with Crippen LogP contribution in [0.15, 0.2) is 48.5 Å². The second-order valence-corrected chi connectivity index (χ2v) is 9.08. The van der Waals surface area contributed by atoms with Gasteiger partial charge in [-0.3, -0.25) is 9.59 Å². The van der Waals surface area contributed by atoms with Gasteiger partial charge in [0, 0.05) is 19.4 Å². The Morgan fingerprint density at radius 3 is 2.43 bits per heavy atom. The maximum Gasteiger partial charge on any atom is 0.329 e. The zero-order chi connectivity index (χ0) is 25.4. The van der Waals surface area contributed by atoms with Crippen LogP contribution in [0.25, 0.3) is 0 Å². The molecule has 0 saturated carbocycles. The number of carboxylic acid groups (broad SMARTS) is 1. The lowest BCUT2D eigenvalue weighted by atomic mass is 9.92. The maximum absolute atomic E-state index is 13.2. The number of methoxy groups -OCH3 is 2. The van der Waals surface area contributed by atoms with Gasteiger partial charge < -0.3 is 24.8 Å². The molecule has 0 bridgehead atoms. The fraction of sp³-hybridized carbons (Fsp3) is 0.444. The highest BCUT2D eigenvalue weighted by Crippen LogP contribution is 2.29. The summed E-state index contributed by atoms with van der Waals surface area (Å²) in [7, 11) is 3.03. The van der Waals surface area contributed by atoms with E-state index in [1.807, 2.05) is 30.3 Å². The van der Waals surface area contributed by atoms with Gasteiger partial charge in [-0.05, 0) is 55.9 Å². The minimum Gasteiger partial charge on any atom is -0.493 e. The molecule has 0 aliphatic carbocycles. The monoisotopic (exact) mass is 482 g/mol. The number of ether oxygens (including phenoxy) is 2. The standard InChI is InChI=1S/C27H34N2O6/c1-27(26(32)33,18-20-14-15-22(34-2)23(17-20)35-3)28-25(31)21-12-8-16-29(21)24(30)13-7-11-19-9-5-4-6-10-19/h4-6,9-10,14-15,17,21H,7-8,11-13,16,18H2,1-3H3,(H,28,31)(H,32,33)/t21-,27-/m0/s1. The normalized spacial score (nSPS) is 16.9. The third-order valence-electron chi connectivity index (χ3n) is 6.45. The molecule has 1 heterocycles. The highest BCUT2D eigenvalue weighted by molar-refractivity contribution is 5.92. The van der Waals surface area contributed by atoms with E-state index in [2.05, 4.69) is 5.32 Å². The van der Waals surface area contributed by atoms with E-state index < -0.39 is 23.5 Å². The van der Waals surface area contributed by atoms with Crippen molar-refractivity contribution in [3.63, 3.8) is 0 Å². The number of aliphatic carboxylic acids is 1. The first kappa shape index (κ1) is 26.1. The van der Waals surface area contributed by atoms with E-state index in [4.69, 9.17) is 9.47 Å². The molecule has 2 aromatic carbocycles. The SMILES string of the molecule is COc1ccc(C[C@](C)(NC(=O)[C@@H]2CCCN2C(=O)CCCc2ccccc2)C(=O)O)cc1OC. The minimum absolute atomic E-state index is 0.0478. The van der Waals surface area contributed by atoms with Gasteiger partial charge in [0.2, 0.25) is 11.8 Å². The number of carbonyl (C=O) groups excluding carboxylic acids is 2. The quantitative estimate of drug-likeness (QED) is 0.510.